The lowest BCUT2D eigenvalue weighted by Gasteiger charge is -2.34. The molecule has 0 bridgehead atoms. The summed E-state index contributed by atoms with van der Waals surface area (Å²) >= 11 is 0. The van der Waals surface area contributed by atoms with Crippen molar-refractivity contribution in [3.8, 4) is 5.75 Å². The molecule has 2 rings (SSSR count). The third-order valence-electron chi connectivity index (χ3n) is 4.09. The van der Waals surface area contributed by atoms with Gasteiger partial charge in [-0.1, -0.05) is 32.4 Å². The molecule has 5 nitrogen and oxygen atoms in total. The second-order valence-corrected chi connectivity index (χ2v) is 5.91. The first-order valence-electron chi connectivity index (χ1n) is 8.07. The second-order valence-electron chi connectivity index (χ2n) is 5.91. The van der Waals surface area contributed by atoms with Crippen molar-refractivity contribution in [2.24, 2.45) is 5.92 Å². The van der Waals surface area contributed by atoms with Crippen LogP contribution in [0.4, 0.5) is 10.5 Å². The van der Waals surface area contributed by atoms with Gasteiger partial charge in [-0.25, -0.2) is 4.79 Å². The molecule has 1 fully saturated rings. The van der Waals surface area contributed by atoms with Gasteiger partial charge in [0, 0.05) is 13.1 Å². The molecule has 1 aromatic carbocycles. The van der Waals surface area contributed by atoms with Crippen molar-refractivity contribution >= 4 is 11.7 Å². The van der Waals surface area contributed by atoms with Gasteiger partial charge in [-0.3, -0.25) is 0 Å². The Hall–Kier alpha value is -1.75. The monoisotopic (exact) mass is 306 g/mol. The molecule has 2 amide bonds. The third kappa shape index (κ3) is 4.37. The van der Waals surface area contributed by atoms with Crippen molar-refractivity contribution < 1.29 is 14.6 Å². The van der Waals surface area contributed by atoms with Crippen molar-refractivity contribution in [1.82, 2.24) is 4.90 Å². The maximum atomic E-state index is 12.4. The number of benzene rings is 1. The molecule has 0 aliphatic carbocycles. The SMILES string of the molecule is CCCCOc1ccccc1NC(=O)N1CCC(C)C(O)C1. The van der Waals surface area contributed by atoms with Gasteiger partial charge >= 0.3 is 6.03 Å². The third-order valence-corrected chi connectivity index (χ3v) is 4.09. The first-order valence-corrected chi connectivity index (χ1v) is 8.07. The topological polar surface area (TPSA) is 61.8 Å². The van der Waals surface area contributed by atoms with Crippen LogP contribution in [-0.2, 0) is 0 Å². The number of para-hydroxylation sites is 2. The van der Waals surface area contributed by atoms with E-state index in [-0.39, 0.29) is 11.9 Å². The van der Waals surface area contributed by atoms with Crippen LogP contribution in [0.15, 0.2) is 24.3 Å². The fraction of sp³-hybridized carbons (Fsp3) is 0.588. The van der Waals surface area contributed by atoms with E-state index in [1.165, 1.54) is 0 Å². The Bertz CT molecular complexity index is 493. The number of unbranched alkanes of at least 4 members (excludes halogenated alkanes) is 1. The highest BCUT2D eigenvalue weighted by atomic mass is 16.5. The number of anilines is 1. The van der Waals surface area contributed by atoms with Crippen LogP contribution in [-0.4, -0.2) is 41.8 Å². The van der Waals surface area contributed by atoms with Crippen LogP contribution in [0.5, 0.6) is 5.75 Å². The molecule has 0 aromatic heterocycles. The van der Waals surface area contributed by atoms with Gasteiger partial charge in [0.1, 0.15) is 5.75 Å². The summed E-state index contributed by atoms with van der Waals surface area (Å²) in [6.45, 7) is 5.81. The average molecular weight is 306 g/mol. The molecule has 22 heavy (non-hydrogen) atoms. The summed E-state index contributed by atoms with van der Waals surface area (Å²) < 4.78 is 5.72. The van der Waals surface area contributed by atoms with E-state index in [0.717, 1.165) is 19.3 Å². The van der Waals surface area contributed by atoms with E-state index in [4.69, 9.17) is 4.74 Å². The number of aliphatic hydroxyl groups excluding tert-OH is 1. The molecular formula is C17H26N2O3. The number of carbonyl (C=O) groups excluding carboxylic acids is 1. The van der Waals surface area contributed by atoms with Crippen molar-refractivity contribution in [2.75, 3.05) is 25.0 Å². The van der Waals surface area contributed by atoms with E-state index in [0.29, 0.717) is 31.1 Å². The van der Waals surface area contributed by atoms with Crippen LogP contribution < -0.4 is 10.1 Å². The van der Waals surface area contributed by atoms with E-state index >= 15 is 0 Å². The van der Waals surface area contributed by atoms with Crippen LogP contribution in [0, 0.1) is 5.92 Å². The standard InChI is InChI=1S/C17H26N2O3/c1-3-4-11-22-16-8-6-5-7-14(16)18-17(21)19-10-9-13(2)15(20)12-19/h5-8,13,15,20H,3-4,9-12H2,1-2H3,(H,18,21). The number of piperidine rings is 1. The smallest absolute Gasteiger partial charge is 0.322 e. The summed E-state index contributed by atoms with van der Waals surface area (Å²) in [6.07, 6.45) is 2.43. The summed E-state index contributed by atoms with van der Waals surface area (Å²) in [5.41, 5.74) is 0.678. The molecule has 0 saturated carbocycles. The number of urea groups is 1. The number of nitrogens with one attached hydrogen (secondary N) is 1. The molecule has 1 aromatic rings. The molecule has 1 aliphatic heterocycles. The van der Waals surface area contributed by atoms with Gasteiger partial charge in [0.05, 0.1) is 18.4 Å². The average Bonchev–Trinajstić information content (AvgIpc) is 2.52. The Kier molecular flexibility index (Phi) is 6.07. The zero-order valence-corrected chi connectivity index (χ0v) is 13.4. The molecule has 0 spiro atoms. The number of ether oxygens (including phenoxy) is 1. The molecule has 1 aliphatic rings. The number of nitrogens with zero attached hydrogens (tertiary/aromatic N) is 1. The zero-order chi connectivity index (χ0) is 15.9. The van der Waals surface area contributed by atoms with E-state index in [1.807, 2.05) is 31.2 Å². The van der Waals surface area contributed by atoms with E-state index in [1.54, 1.807) is 4.90 Å². The lowest BCUT2D eigenvalue weighted by molar-refractivity contribution is 0.0463. The molecule has 5 heteroatoms. The van der Waals surface area contributed by atoms with Crippen molar-refractivity contribution in [3.63, 3.8) is 0 Å². The molecule has 1 saturated heterocycles. The molecule has 2 atom stereocenters. The Morgan fingerprint density at radius 3 is 2.95 bits per heavy atom. The normalized spacial score (nSPS) is 21.5. The first kappa shape index (κ1) is 16.6. The van der Waals surface area contributed by atoms with E-state index < -0.39 is 6.10 Å². The zero-order valence-electron chi connectivity index (χ0n) is 13.4. The maximum absolute atomic E-state index is 12.4. The van der Waals surface area contributed by atoms with Crippen LogP contribution >= 0.6 is 0 Å². The maximum Gasteiger partial charge on any atom is 0.322 e. The summed E-state index contributed by atoms with van der Waals surface area (Å²) in [7, 11) is 0. The summed E-state index contributed by atoms with van der Waals surface area (Å²) in [4.78, 5) is 14.0. The minimum atomic E-state index is -0.449. The molecular weight excluding hydrogens is 280 g/mol. The van der Waals surface area contributed by atoms with Crippen LogP contribution in [0.1, 0.15) is 33.1 Å². The fourth-order valence-electron chi connectivity index (χ4n) is 2.45. The minimum absolute atomic E-state index is 0.183. The minimum Gasteiger partial charge on any atom is -0.491 e. The largest absolute Gasteiger partial charge is 0.491 e. The second kappa shape index (κ2) is 8.03. The number of aliphatic hydroxyl groups is 1. The first-order chi connectivity index (χ1) is 10.6. The van der Waals surface area contributed by atoms with Crippen LogP contribution in [0.2, 0.25) is 0 Å². The lowest BCUT2D eigenvalue weighted by Crippen LogP contribution is -2.47. The van der Waals surface area contributed by atoms with Gasteiger partial charge in [0.2, 0.25) is 0 Å². The predicted molar refractivity (Wildman–Crippen MR) is 87.2 cm³/mol. The van der Waals surface area contributed by atoms with Gasteiger partial charge in [-0.05, 0) is 30.9 Å². The highest BCUT2D eigenvalue weighted by Crippen LogP contribution is 2.25. The van der Waals surface area contributed by atoms with Crippen molar-refractivity contribution in [3.05, 3.63) is 24.3 Å². The molecule has 2 N–H and O–H groups in total. The molecule has 1 heterocycles. The number of carbonyl (C=O) groups is 1. The summed E-state index contributed by atoms with van der Waals surface area (Å²) in [6, 6.07) is 7.27. The van der Waals surface area contributed by atoms with Gasteiger partial charge < -0.3 is 20.1 Å². The van der Waals surface area contributed by atoms with E-state index in [9.17, 15) is 9.90 Å². The Labute approximate surface area is 132 Å². The van der Waals surface area contributed by atoms with Crippen molar-refractivity contribution in [2.45, 2.75) is 39.2 Å². The molecule has 122 valence electrons. The van der Waals surface area contributed by atoms with Gasteiger partial charge in [0.15, 0.2) is 0 Å². The van der Waals surface area contributed by atoms with Crippen LogP contribution in [0.25, 0.3) is 0 Å². The fourth-order valence-corrected chi connectivity index (χ4v) is 2.45. The number of hydrogen-bond donors (Lipinski definition) is 2. The Balaban J connectivity index is 1.96. The predicted octanol–water partition coefficient (Wildman–Crippen LogP) is 3.10. The lowest BCUT2D eigenvalue weighted by atomic mass is 9.96. The Morgan fingerprint density at radius 1 is 1.45 bits per heavy atom. The Morgan fingerprint density at radius 2 is 2.23 bits per heavy atom. The summed E-state index contributed by atoms with van der Waals surface area (Å²) in [5, 5.41) is 12.8. The highest BCUT2D eigenvalue weighted by Gasteiger charge is 2.27. The number of amides is 2. The molecule has 0 radical (unpaired) electrons. The number of rotatable bonds is 5. The number of β-amino-alcohol motifs (C(OH)–C–C–N with tert-alkyl or cyclic N) is 1. The quantitative estimate of drug-likeness (QED) is 0.822. The molecule has 2 unspecified atom stereocenters. The van der Waals surface area contributed by atoms with Gasteiger partial charge in [-0.15, -0.1) is 0 Å². The summed E-state index contributed by atoms with van der Waals surface area (Å²) in [5.74, 6) is 0.934. The highest BCUT2D eigenvalue weighted by molar-refractivity contribution is 5.91. The number of likely N-dealkylation sites (tertiary alicyclic amines) is 1. The van der Waals surface area contributed by atoms with Crippen LogP contribution in [0.3, 0.4) is 0 Å². The van der Waals surface area contributed by atoms with Gasteiger partial charge in [-0.2, -0.15) is 0 Å². The van der Waals surface area contributed by atoms with Gasteiger partial charge in [0.25, 0.3) is 0 Å². The van der Waals surface area contributed by atoms with E-state index in [2.05, 4.69) is 12.2 Å². The number of hydrogen-bond acceptors (Lipinski definition) is 3. The van der Waals surface area contributed by atoms with Crippen molar-refractivity contribution in [1.29, 1.82) is 0 Å².